The quantitative estimate of drug-likeness (QED) is 0.888. The van der Waals surface area contributed by atoms with E-state index in [9.17, 15) is 15.2 Å². The standard InChI is InChI=1S/C14H12N2O3S2/c1-19-10-4-7(2-3-9(10)17)11-8(5-15)6-20-13-12(11)21-14(18)16-13/h2-4,8,11,17H,6H2,1H3,(H,16,18)/t8-,11-/m1/s1. The fourth-order valence-electron chi connectivity index (χ4n) is 2.47. The van der Waals surface area contributed by atoms with Gasteiger partial charge in [-0.2, -0.15) is 5.26 Å². The average Bonchev–Trinajstić information content (AvgIpc) is 2.87. The third kappa shape index (κ3) is 2.41. The van der Waals surface area contributed by atoms with Crippen molar-refractivity contribution in [2.75, 3.05) is 12.9 Å². The molecule has 108 valence electrons. The van der Waals surface area contributed by atoms with Crippen molar-refractivity contribution in [1.82, 2.24) is 4.98 Å². The van der Waals surface area contributed by atoms with Gasteiger partial charge in [0.15, 0.2) is 11.5 Å². The number of thiazole rings is 1. The van der Waals surface area contributed by atoms with Crippen LogP contribution in [0.1, 0.15) is 16.4 Å². The number of hydrogen-bond donors (Lipinski definition) is 2. The van der Waals surface area contributed by atoms with Crippen LogP contribution in [-0.2, 0) is 0 Å². The van der Waals surface area contributed by atoms with Crippen molar-refractivity contribution in [1.29, 1.82) is 5.26 Å². The Morgan fingerprint density at radius 2 is 2.33 bits per heavy atom. The van der Waals surface area contributed by atoms with Crippen molar-refractivity contribution in [2.45, 2.75) is 10.9 Å². The van der Waals surface area contributed by atoms with E-state index in [1.165, 1.54) is 18.9 Å². The van der Waals surface area contributed by atoms with Crippen LogP contribution in [0, 0.1) is 17.2 Å². The van der Waals surface area contributed by atoms with E-state index in [-0.39, 0.29) is 22.5 Å². The number of methoxy groups -OCH3 is 1. The predicted octanol–water partition coefficient (Wildman–Crippen LogP) is 2.53. The maximum absolute atomic E-state index is 11.6. The minimum absolute atomic E-state index is 0.0578. The highest BCUT2D eigenvalue weighted by Crippen LogP contribution is 2.46. The molecule has 2 atom stereocenters. The van der Waals surface area contributed by atoms with Crippen molar-refractivity contribution >= 4 is 23.1 Å². The second-order valence-electron chi connectivity index (χ2n) is 4.66. The van der Waals surface area contributed by atoms with E-state index in [0.29, 0.717) is 11.5 Å². The van der Waals surface area contributed by atoms with Gasteiger partial charge in [-0.3, -0.25) is 4.79 Å². The van der Waals surface area contributed by atoms with E-state index < -0.39 is 0 Å². The van der Waals surface area contributed by atoms with Gasteiger partial charge in [-0.1, -0.05) is 17.4 Å². The number of phenolic OH excluding ortho intramolecular Hbond substituents is 1. The maximum Gasteiger partial charge on any atom is 0.305 e. The fraction of sp³-hybridized carbons (Fsp3) is 0.286. The minimum atomic E-state index is -0.219. The summed E-state index contributed by atoms with van der Waals surface area (Å²) in [5.41, 5.74) is 0.869. The molecule has 0 aliphatic carbocycles. The average molecular weight is 320 g/mol. The molecule has 7 heteroatoms. The normalized spacial score (nSPS) is 20.6. The van der Waals surface area contributed by atoms with Crippen molar-refractivity contribution < 1.29 is 9.84 Å². The van der Waals surface area contributed by atoms with Crippen LogP contribution in [-0.4, -0.2) is 23.0 Å². The van der Waals surface area contributed by atoms with E-state index >= 15 is 0 Å². The number of thioether (sulfide) groups is 1. The third-order valence-corrected chi connectivity index (χ3v) is 5.69. The molecule has 0 spiro atoms. The highest BCUT2D eigenvalue weighted by Gasteiger charge is 2.34. The van der Waals surface area contributed by atoms with E-state index in [1.54, 1.807) is 18.2 Å². The Hall–Kier alpha value is -1.91. The van der Waals surface area contributed by atoms with Gasteiger partial charge in [-0.25, -0.2) is 0 Å². The number of nitriles is 1. The third-order valence-electron chi connectivity index (χ3n) is 3.46. The van der Waals surface area contributed by atoms with Crippen LogP contribution in [0.15, 0.2) is 28.0 Å². The summed E-state index contributed by atoms with van der Waals surface area (Å²) in [6.07, 6.45) is 0. The van der Waals surface area contributed by atoms with E-state index in [2.05, 4.69) is 11.1 Å². The van der Waals surface area contributed by atoms with Crippen LogP contribution in [0.2, 0.25) is 0 Å². The van der Waals surface area contributed by atoms with Gasteiger partial charge in [0.05, 0.1) is 24.1 Å². The number of phenols is 1. The number of aromatic hydroxyl groups is 1. The molecule has 0 amide bonds. The molecule has 1 aliphatic rings. The monoisotopic (exact) mass is 320 g/mol. The zero-order chi connectivity index (χ0) is 15.0. The van der Waals surface area contributed by atoms with Crippen molar-refractivity contribution in [3.8, 4) is 17.6 Å². The largest absolute Gasteiger partial charge is 0.504 e. The molecule has 5 nitrogen and oxygen atoms in total. The second-order valence-corrected chi connectivity index (χ2v) is 6.71. The molecule has 0 bridgehead atoms. The van der Waals surface area contributed by atoms with E-state index in [0.717, 1.165) is 26.8 Å². The lowest BCUT2D eigenvalue weighted by Gasteiger charge is -2.26. The molecule has 1 aromatic heterocycles. The number of aromatic amines is 1. The van der Waals surface area contributed by atoms with Gasteiger partial charge in [0.2, 0.25) is 0 Å². The summed E-state index contributed by atoms with van der Waals surface area (Å²) in [5.74, 6) is 0.659. The van der Waals surface area contributed by atoms with Crippen LogP contribution in [0.5, 0.6) is 11.5 Å². The molecule has 1 aromatic carbocycles. The Morgan fingerprint density at radius 1 is 1.52 bits per heavy atom. The van der Waals surface area contributed by atoms with Gasteiger partial charge in [-0.05, 0) is 17.7 Å². The molecule has 2 heterocycles. The number of H-pyrrole nitrogens is 1. The molecular weight excluding hydrogens is 308 g/mol. The number of nitrogens with zero attached hydrogens (tertiary/aromatic N) is 1. The number of ether oxygens (including phenoxy) is 1. The number of hydrogen-bond acceptors (Lipinski definition) is 6. The Labute approximate surface area is 129 Å². The van der Waals surface area contributed by atoms with Gasteiger partial charge in [0.1, 0.15) is 0 Å². The summed E-state index contributed by atoms with van der Waals surface area (Å²) >= 11 is 2.65. The summed E-state index contributed by atoms with van der Waals surface area (Å²) in [5, 5.41) is 20.0. The van der Waals surface area contributed by atoms with Gasteiger partial charge in [0, 0.05) is 16.5 Å². The van der Waals surface area contributed by atoms with Crippen molar-refractivity contribution in [2.24, 2.45) is 5.92 Å². The number of fused-ring (bicyclic) bond motifs is 1. The number of benzene rings is 1. The second kappa shape index (κ2) is 5.47. The SMILES string of the molecule is COc1cc([C@H]2c3sc(=O)[nH]c3SC[C@H]2C#N)ccc1O. The molecule has 0 unspecified atom stereocenters. The van der Waals surface area contributed by atoms with E-state index in [1.807, 2.05) is 0 Å². The summed E-state index contributed by atoms with van der Waals surface area (Å²) in [6.45, 7) is 0. The maximum atomic E-state index is 11.6. The molecule has 1 aliphatic heterocycles. The van der Waals surface area contributed by atoms with Crippen molar-refractivity contribution in [3.63, 3.8) is 0 Å². The van der Waals surface area contributed by atoms with E-state index in [4.69, 9.17) is 4.74 Å². The number of rotatable bonds is 2. The Balaban J connectivity index is 2.14. The first-order valence-electron chi connectivity index (χ1n) is 6.26. The first-order chi connectivity index (χ1) is 10.1. The smallest absolute Gasteiger partial charge is 0.305 e. The van der Waals surface area contributed by atoms with Gasteiger partial charge < -0.3 is 14.8 Å². The fourth-order valence-corrected chi connectivity index (χ4v) is 4.81. The number of aromatic nitrogens is 1. The van der Waals surface area contributed by atoms with Crippen LogP contribution >= 0.6 is 23.1 Å². The van der Waals surface area contributed by atoms with Gasteiger partial charge in [0.25, 0.3) is 0 Å². The molecule has 0 radical (unpaired) electrons. The summed E-state index contributed by atoms with van der Waals surface area (Å²) < 4.78 is 5.13. The van der Waals surface area contributed by atoms with Crippen molar-refractivity contribution in [3.05, 3.63) is 38.3 Å². The minimum Gasteiger partial charge on any atom is -0.504 e. The zero-order valence-corrected chi connectivity index (χ0v) is 12.8. The summed E-state index contributed by atoms with van der Waals surface area (Å²) in [4.78, 5) is 15.2. The summed E-state index contributed by atoms with van der Waals surface area (Å²) in [7, 11) is 1.48. The highest BCUT2D eigenvalue weighted by atomic mass is 32.2. The van der Waals surface area contributed by atoms with Gasteiger partial charge >= 0.3 is 4.87 Å². The Kier molecular flexibility index (Phi) is 3.66. The van der Waals surface area contributed by atoms with Gasteiger partial charge in [-0.15, -0.1) is 11.8 Å². The molecule has 0 saturated heterocycles. The Bertz CT molecular complexity index is 775. The lowest BCUT2D eigenvalue weighted by molar-refractivity contribution is 0.372. The molecular formula is C14H12N2O3S2. The molecule has 2 N–H and O–H groups in total. The first-order valence-corrected chi connectivity index (χ1v) is 8.06. The molecule has 3 rings (SSSR count). The molecule has 0 fully saturated rings. The molecule has 0 saturated carbocycles. The zero-order valence-electron chi connectivity index (χ0n) is 11.1. The lowest BCUT2D eigenvalue weighted by atomic mass is 9.86. The number of nitrogens with one attached hydrogen (secondary N) is 1. The topological polar surface area (TPSA) is 86.1 Å². The summed E-state index contributed by atoms with van der Waals surface area (Å²) in [6, 6.07) is 7.38. The Morgan fingerprint density at radius 3 is 3.05 bits per heavy atom. The van der Waals surface area contributed by atoms with Crippen LogP contribution in [0.25, 0.3) is 0 Å². The van der Waals surface area contributed by atoms with Crippen LogP contribution in [0.3, 0.4) is 0 Å². The predicted molar refractivity (Wildman–Crippen MR) is 81.3 cm³/mol. The van der Waals surface area contributed by atoms with Crippen LogP contribution in [0.4, 0.5) is 0 Å². The van der Waals surface area contributed by atoms with Crippen LogP contribution < -0.4 is 9.61 Å². The molecule has 21 heavy (non-hydrogen) atoms. The first kappa shape index (κ1) is 14.0. The molecule has 2 aromatic rings. The highest BCUT2D eigenvalue weighted by molar-refractivity contribution is 7.99. The lowest BCUT2D eigenvalue weighted by Crippen LogP contribution is -2.19.